The molecule has 1 amide bonds. The van der Waals surface area contributed by atoms with E-state index >= 15 is 0 Å². The lowest BCUT2D eigenvalue weighted by Gasteiger charge is -2.03. The summed E-state index contributed by atoms with van der Waals surface area (Å²) in [5.74, 6) is -0.268. The van der Waals surface area contributed by atoms with Crippen LogP contribution in [-0.2, 0) is 0 Å². The van der Waals surface area contributed by atoms with Crippen molar-refractivity contribution in [3.63, 3.8) is 0 Å². The van der Waals surface area contributed by atoms with Crippen molar-refractivity contribution in [2.45, 2.75) is 13.8 Å². The molecule has 7 heteroatoms. The van der Waals surface area contributed by atoms with Crippen molar-refractivity contribution >= 4 is 46.7 Å². The predicted octanol–water partition coefficient (Wildman–Crippen LogP) is 4.64. The summed E-state index contributed by atoms with van der Waals surface area (Å²) in [7, 11) is 0. The van der Waals surface area contributed by atoms with E-state index in [9.17, 15) is 4.79 Å². The first kappa shape index (κ1) is 18.0. The minimum Gasteiger partial charge on any atom is -0.278 e. The number of nitrogens with one attached hydrogen (secondary N) is 2. The normalized spacial score (nSPS) is 11.3. The zero-order valence-corrected chi connectivity index (χ0v) is 16.0. The molecular formula is C19H18N4OS2. The first-order valence-corrected chi connectivity index (χ1v) is 9.59. The van der Waals surface area contributed by atoms with Gasteiger partial charge in [0.2, 0.25) is 0 Å². The highest BCUT2D eigenvalue weighted by atomic mass is 32.1. The van der Waals surface area contributed by atoms with Gasteiger partial charge in [0.1, 0.15) is 0 Å². The minimum absolute atomic E-state index is 0.268. The van der Waals surface area contributed by atoms with Crippen molar-refractivity contribution in [2.75, 3.05) is 5.43 Å². The third-order valence-electron chi connectivity index (χ3n) is 3.39. The van der Waals surface area contributed by atoms with Crippen LogP contribution in [0.3, 0.4) is 0 Å². The Morgan fingerprint density at radius 2 is 1.58 bits per heavy atom. The molecular weight excluding hydrogens is 364 g/mol. The molecule has 26 heavy (non-hydrogen) atoms. The number of hydrogen-bond acceptors (Lipinski definition) is 6. The van der Waals surface area contributed by atoms with Crippen LogP contribution in [-0.4, -0.2) is 18.3 Å². The Hall–Kier alpha value is -2.77. The topological polar surface area (TPSA) is 65.8 Å². The van der Waals surface area contributed by atoms with E-state index in [-0.39, 0.29) is 5.91 Å². The molecule has 2 N–H and O–H groups in total. The van der Waals surface area contributed by atoms with Gasteiger partial charge in [-0.15, -0.1) is 22.7 Å². The maximum Gasteiger partial charge on any atom is 0.271 e. The van der Waals surface area contributed by atoms with Crippen LogP contribution >= 0.6 is 22.7 Å². The van der Waals surface area contributed by atoms with Gasteiger partial charge in [0.05, 0.1) is 18.1 Å². The highest BCUT2D eigenvalue weighted by Gasteiger charge is 2.05. The second-order valence-corrected chi connectivity index (χ2v) is 8.19. The lowest BCUT2D eigenvalue weighted by molar-refractivity contribution is 0.0955. The Balaban J connectivity index is 1.58. The Morgan fingerprint density at radius 1 is 0.923 bits per heavy atom. The zero-order chi connectivity index (χ0) is 18.4. The van der Waals surface area contributed by atoms with E-state index in [2.05, 4.69) is 34.0 Å². The number of hydrazone groups is 2. The summed E-state index contributed by atoms with van der Waals surface area (Å²) in [5.41, 5.74) is 6.73. The predicted molar refractivity (Wildman–Crippen MR) is 111 cm³/mol. The van der Waals surface area contributed by atoms with Crippen LogP contribution in [0.15, 0.2) is 58.7 Å². The molecule has 0 radical (unpaired) electrons. The van der Waals surface area contributed by atoms with Crippen molar-refractivity contribution in [2.24, 2.45) is 10.2 Å². The van der Waals surface area contributed by atoms with E-state index in [0.29, 0.717) is 5.56 Å². The molecule has 0 spiro atoms. The molecule has 0 saturated carbocycles. The molecule has 0 fully saturated rings. The molecule has 132 valence electrons. The lowest BCUT2D eigenvalue weighted by atomic mass is 10.2. The van der Waals surface area contributed by atoms with Gasteiger partial charge in [0.25, 0.3) is 5.91 Å². The Kier molecular flexibility index (Phi) is 5.93. The number of aryl methyl sites for hydroxylation is 2. The standard InChI is InChI=1S/C19H18N4OS2/c1-13-6-8-17(25-13)11-20-22-16-5-3-4-15(10-16)19(24)23-21-12-18-9-7-14(2)26-18/h3-12,22H,1-2H3,(H,23,24). The second-order valence-electron chi connectivity index (χ2n) is 5.55. The van der Waals surface area contributed by atoms with Crippen LogP contribution in [0, 0.1) is 13.8 Å². The highest BCUT2D eigenvalue weighted by Crippen LogP contribution is 2.14. The average Bonchev–Trinajstić information content (AvgIpc) is 3.23. The summed E-state index contributed by atoms with van der Waals surface area (Å²) in [4.78, 5) is 16.7. The van der Waals surface area contributed by atoms with Crippen molar-refractivity contribution in [1.29, 1.82) is 0 Å². The summed E-state index contributed by atoms with van der Waals surface area (Å²) in [6, 6.07) is 15.2. The van der Waals surface area contributed by atoms with Crippen LogP contribution in [0.4, 0.5) is 5.69 Å². The van der Waals surface area contributed by atoms with E-state index in [1.165, 1.54) is 9.75 Å². The largest absolute Gasteiger partial charge is 0.278 e. The molecule has 3 rings (SSSR count). The van der Waals surface area contributed by atoms with Crippen LogP contribution in [0.25, 0.3) is 0 Å². The number of anilines is 1. The average molecular weight is 383 g/mol. The van der Waals surface area contributed by atoms with Crippen molar-refractivity contribution in [1.82, 2.24) is 5.43 Å². The van der Waals surface area contributed by atoms with Gasteiger partial charge in [0.15, 0.2) is 0 Å². The number of thiophene rings is 2. The van der Waals surface area contributed by atoms with Crippen molar-refractivity contribution in [3.05, 3.63) is 73.6 Å². The number of benzene rings is 1. The summed E-state index contributed by atoms with van der Waals surface area (Å²) in [6.45, 7) is 4.08. The third-order valence-corrected chi connectivity index (χ3v) is 5.26. The molecule has 0 unspecified atom stereocenters. The molecule has 2 heterocycles. The van der Waals surface area contributed by atoms with Crippen LogP contribution < -0.4 is 10.9 Å². The first-order valence-electron chi connectivity index (χ1n) is 7.95. The van der Waals surface area contributed by atoms with Gasteiger partial charge in [-0.2, -0.15) is 10.2 Å². The van der Waals surface area contributed by atoms with E-state index < -0.39 is 0 Å². The lowest BCUT2D eigenvalue weighted by Crippen LogP contribution is -2.17. The maximum atomic E-state index is 12.2. The van der Waals surface area contributed by atoms with Crippen LogP contribution in [0.2, 0.25) is 0 Å². The number of carbonyl (C=O) groups excluding carboxylic acids is 1. The SMILES string of the molecule is Cc1ccc(C=NNC(=O)c2cccc(NN=Cc3ccc(C)s3)c2)s1. The van der Waals surface area contributed by atoms with Gasteiger partial charge in [-0.3, -0.25) is 10.2 Å². The fourth-order valence-corrected chi connectivity index (χ4v) is 3.66. The number of amides is 1. The molecule has 0 bridgehead atoms. The Morgan fingerprint density at radius 3 is 2.19 bits per heavy atom. The summed E-state index contributed by atoms with van der Waals surface area (Å²) in [5, 5.41) is 8.21. The fraction of sp³-hybridized carbons (Fsp3) is 0.105. The van der Waals surface area contributed by atoms with E-state index in [1.807, 2.05) is 31.2 Å². The molecule has 2 aromatic heterocycles. The molecule has 1 aromatic carbocycles. The number of hydrogen-bond donors (Lipinski definition) is 2. The Labute approximate surface area is 160 Å². The number of carbonyl (C=O) groups is 1. The van der Waals surface area contributed by atoms with E-state index in [0.717, 1.165) is 15.4 Å². The maximum absolute atomic E-state index is 12.2. The second kappa shape index (κ2) is 8.55. The molecule has 0 atom stereocenters. The van der Waals surface area contributed by atoms with Crippen LogP contribution in [0.1, 0.15) is 29.9 Å². The molecule has 3 aromatic rings. The van der Waals surface area contributed by atoms with Gasteiger partial charge >= 0.3 is 0 Å². The molecule has 0 aliphatic heterocycles. The third kappa shape index (κ3) is 5.11. The van der Waals surface area contributed by atoms with Gasteiger partial charge < -0.3 is 0 Å². The molecule has 0 saturated heterocycles. The minimum atomic E-state index is -0.268. The first-order chi connectivity index (χ1) is 12.6. The smallest absolute Gasteiger partial charge is 0.271 e. The molecule has 5 nitrogen and oxygen atoms in total. The zero-order valence-electron chi connectivity index (χ0n) is 14.4. The monoisotopic (exact) mass is 382 g/mol. The van der Waals surface area contributed by atoms with Gasteiger partial charge in [-0.25, -0.2) is 5.43 Å². The van der Waals surface area contributed by atoms with Crippen molar-refractivity contribution in [3.8, 4) is 0 Å². The summed E-state index contributed by atoms with van der Waals surface area (Å²) >= 11 is 3.29. The van der Waals surface area contributed by atoms with E-state index in [4.69, 9.17) is 0 Å². The van der Waals surface area contributed by atoms with Gasteiger partial charge in [0, 0.05) is 25.1 Å². The fourth-order valence-electron chi connectivity index (χ4n) is 2.17. The number of nitrogens with zero attached hydrogens (tertiary/aromatic N) is 2. The Bertz CT molecular complexity index is 956. The van der Waals surface area contributed by atoms with Gasteiger partial charge in [-0.05, 0) is 56.3 Å². The highest BCUT2D eigenvalue weighted by molar-refractivity contribution is 7.13. The quantitative estimate of drug-likeness (QED) is 0.482. The van der Waals surface area contributed by atoms with E-state index in [1.54, 1.807) is 53.3 Å². The molecule has 0 aliphatic carbocycles. The summed E-state index contributed by atoms with van der Waals surface area (Å²) < 4.78 is 0. The van der Waals surface area contributed by atoms with Gasteiger partial charge in [-0.1, -0.05) is 6.07 Å². The van der Waals surface area contributed by atoms with Crippen molar-refractivity contribution < 1.29 is 4.79 Å². The van der Waals surface area contributed by atoms with Crippen LogP contribution in [0.5, 0.6) is 0 Å². The molecule has 0 aliphatic rings. The summed E-state index contributed by atoms with van der Waals surface area (Å²) in [6.07, 6.45) is 3.41. The number of rotatable bonds is 6.